The monoisotopic (exact) mass is 265 g/mol. The highest BCUT2D eigenvalue weighted by molar-refractivity contribution is 5.68. The topological polar surface area (TPSA) is 38.8 Å². The minimum absolute atomic E-state index is 0.286. The van der Waals surface area contributed by atoms with Crippen LogP contribution in [0.1, 0.15) is 33.3 Å². The molecule has 0 atom stereocenters. The molecule has 4 heteroatoms. The van der Waals surface area contributed by atoms with Gasteiger partial charge in [-0.1, -0.05) is 12.1 Å². The third-order valence-electron chi connectivity index (χ3n) is 2.57. The van der Waals surface area contributed by atoms with Gasteiger partial charge < -0.3 is 14.4 Å². The van der Waals surface area contributed by atoms with Crippen LogP contribution in [0.3, 0.4) is 0 Å². The number of hydrogen-bond donors (Lipinski definition) is 0. The molecule has 0 aliphatic carbocycles. The van der Waals surface area contributed by atoms with Crippen LogP contribution >= 0.6 is 0 Å². The highest BCUT2D eigenvalue weighted by Crippen LogP contribution is 2.15. The summed E-state index contributed by atoms with van der Waals surface area (Å²) in [6.07, 6.45) is -0.286. The lowest BCUT2D eigenvalue weighted by Crippen LogP contribution is -2.36. The second-order valence-electron chi connectivity index (χ2n) is 5.34. The molecule has 0 aliphatic heterocycles. The molecule has 0 fully saturated rings. The van der Waals surface area contributed by atoms with E-state index < -0.39 is 5.60 Å². The number of hydrogen-bond acceptors (Lipinski definition) is 3. The number of amides is 1. The molecule has 0 radical (unpaired) electrons. The fourth-order valence-corrected chi connectivity index (χ4v) is 1.58. The number of ether oxygens (including phenoxy) is 2. The average Bonchev–Trinajstić information content (AvgIpc) is 2.34. The van der Waals surface area contributed by atoms with Crippen LogP contribution in [0.5, 0.6) is 5.75 Å². The van der Waals surface area contributed by atoms with Crippen molar-refractivity contribution in [2.45, 2.75) is 39.8 Å². The standard InChI is InChI=1S/C15H23NO3/c1-6-16(14(17)19-15(2,3)4)11-12-7-9-13(18-5)10-8-12/h7-10H,6,11H2,1-5H3. The first-order valence-electron chi connectivity index (χ1n) is 6.46. The maximum absolute atomic E-state index is 12.0. The zero-order valence-electron chi connectivity index (χ0n) is 12.4. The fourth-order valence-electron chi connectivity index (χ4n) is 1.58. The van der Waals surface area contributed by atoms with Crippen molar-refractivity contribution in [3.8, 4) is 5.75 Å². The van der Waals surface area contributed by atoms with Crippen molar-refractivity contribution in [3.05, 3.63) is 29.8 Å². The second kappa shape index (κ2) is 6.45. The van der Waals surface area contributed by atoms with Crippen LogP contribution in [-0.4, -0.2) is 30.2 Å². The first-order chi connectivity index (χ1) is 8.85. The van der Waals surface area contributed by atoms with Gasteiger partial charge >= 0.3 is 6.09 Å². The van der Waals surface area contributed by atoms with Crippen molar-refractivity contribution < 1.29 is 14.3 Å². The molecule has 0 spiro atoms. The summed E-state index contributed by atoms with van der Waals surface area (Å²) in [5, 5.41) is 0. The van der Waals surface area contributed by atoms with E-state index in [4.69, 9.17) is 9.47 Å². The van der Waals surface area contributed by atoms with Crippen LogP contribution in [0.4, 0.5) is 4.79 Å². The summed E-state index contributed by atoms with van der Waals surface area (Å²) in [6, 6.07) is 7.67. The Morgan fingerprint density at radius 3 is 2.21 bits per heavy atom. The van der Waals surface area contributed by atoms with E-state index in [2.05, 4.69) is 0 Å². The normalized spacial score (nSPS) is 11.0. The van der Waals surface area contributed by atoms with Crippen LogP contribution < -0.4 is 4.74 Å². The van der Waals surface area contributed by atoms with Gasteiger partial charge in [0, 0.05) is 13.1 Å². The number of rotatable bonds is 4. The summed E-state index contributed by atoms with van der Waals surface area (Å²) in [4.78, 5) is 13.7. The van der Waals surface area contributed by atoms with E-state index >= 15 is 0 Å². The molecule has 0 bridgehead atoms. The number of carbonyl (C=O) groups excluding carboxylic acids is 1. The summed E-state index contributed by atoms with van der Waals surface area (Å²) in [5.74, 6) is 0.809. The van der Waals surface area contributed by atoms with Crippen molar-refractivity contribution in [3.63, 3.8) is 0 Å². The molecule has 0 unspecified atom stereocenters. The smallest absolute Gasteiger partial charge is 0.410 e. The summed E-state index contributed by atoms with van der Waals surface area (Å²) < 4.78 is 10.5. The molecule has 0 aliphatic rings. The highest BCUT2D eigenvalue weighted by Gasteiger charge is 2.21. The molecule has 4 nitrogen and oxygen atoms in total. The molecular formula is C15H23NO3. The zero-order valence-corrected chi connectivity index (χ0v) is 12.4. The van der Waals surface area contributed by atoms with Gasteiger partial charge in [0.25, 0.3) is 0 Å². The third kappa shape index (κ3) is 5.20. The van der Waals surface area contributed by atoms with E-state index in [0.717, 1.165) is 11.3 Å². The maximum Gasteiger partial charge on any atom is 0.410 e. The Hall–Kier alpha value is -1.71. The molecule has 0 N–H and O–H groups in total. The van der Waals surface area contributed by atoms with Gasteiger partial charge in [-0.25, -0.2) is 4.79 Å². The summed E-state index contributed by atoms with van der Waals surface area (Å²) >= 11 is 0. The van der Waals surface area contributed by atoms with Crippen molar-refractivity contribution in [2.24, 2.45) is 0 Å². The molecule has 0 heterocycles. The van der Waals surface area contributed by atoms with Crippen molar-refractivity contribution in [1.82, 2.24) is 4.90 Å². The minimum Gasteiger partial charge on any atom is -0.497 e. The van der Waals surface area contributed by atoms with Crippen LogP contribution in [0.15, 0.2) is 24.3 Å². The number of benzene rings is 1. The number of nitrogens with zero attached hydrogens (tertiary/aromatic N) is 1. The molecule has 0 aromatic heterocycles. The van der Waals surface area contributed by atoms with E-state index in [1.807, 2.05) is 52.0 Å². The number of carbonyl (C=O) groups is 1. The van der Waals surface area contributed by atoms with Crippen molar-refractivity contribution in [2.75, 3.05) is 13.7 Å². The Kier molecular flexibility index (Phi) is 5.21. The maximum atomic E-state index is 12.0. The Balaban J connectivity index is 2.67. The van der Waals surface area contributed by atoms with Crippen LogP contribution in [0, 0.1) is 0 Å². The predicted molar refractivity (Wildman–Crippen MR) is 75.3 cm³/mol. The molecule has 0 saturated carbocycles. The SMILES string of the molecule is CCN(Cc1ccc(OC)cc1)C(=O)OC(C)(C)C. The quantitative estimate of drug-likeness (QED) is 0.837. The van der Waals surface area contributed by atoms with E-state index in [1.165, 1.54) is 0 Å². The van der Waals surface area contributed by atoms with Gasteiger partial charge in [-0.15, -0.1) is 0 Å². The van der Waals surface area contributed by atoms with Crippen molar-refractivity contribution in [1.29, 1.82) is 0 Å². The molecule has 19 heavy (non-hydrogen) atoms. The molecule has 1 aromatic carbocycles. The molecule has 1 rings (SSSR count). The summed E-state index contributed by atoms with van der Waals surface area (Å²) in [7, 11) is 1.63. The van der Waals surface area contributed by atoms with Crippen LogP contribution in [0.25, 0.3) is 0 Å². The summed E-state index contributed by atoms with van der Waals surface area (Å²) in [6.45, 7) is 8.69. The Morgan fingerprint density at radius 2 is 1.79 bits per heavy atom. The molecule has 1 aromatic rings. The largest absolute Gasteiger partial charge is 0.497 e. The van der Waals surface area contributed by atoms with Crippen molar-refractivity contribution >= 4 is 6.09 Å². The summed E-state index contributed by atoms with van der Waals surface area (Å²) in [5.41, 5.74) is 0.582. The van der Waals surface area contributed by atoms with E-state index in [-0.39, 0.29) is 6.09 Å². The molecule has 0 saturated heterocycles. The van der Waals surface area contributed by atoms with E-state index in [0.29, 0.717) is 13.1 Å². The second-order valence-corrected chi connectivity index (χ2v) is 5.34. The lowest BCUT2D eigenvalue weighted by molar-refractivity contribution is 0.0244. The first-order valence-corrected chi connectivity index (χ1v) is 6.46. The lowest BCUT2D eigenvalue weighted by atomic mass is 10.2. The van der Waals surface area contributed by atoms with Gasteiger partial charge in [-0.05, 0) is 45.4 Å². The fraction of sp³-hybridized carbons (Fsp3) is 0.533. The van der Waals surface area contributed by atoms with Gasteiger partial charge in [0.2, 0.25) is 0 Å². The zero-order chi connectivity index (χ0) is 14.5. The molecule has 1 amide bonds. The van der Waals surface area contributed by atoms with Gasteiger partial charge in [-0.2, -0.15) is 0 Å². The van der Waals surface area contributed by atoms with Crippen LogP contribution in [-0.2, 0) is 11.3 Å². The minimum atomic E-state index is -0.468. The van der Waals surface area contributed by atoms with E-state index in [9.17, 15) is 4.79 Å². The highest BCUT2D eigenvalue weighted by atomic mass is 16.6. The average molecular weight is 265 g/mol. The van der Waals surface area contributed by atoms with Crippen LogP contribution in [0.2, 0.25) is 0 Å². The third-order valence-corrected chi connectivity index (χ3v) is 2.57. The van der Waals surface area contributed by atoms with Gasteiger partial charge in [0.15, 0.2) is 0 Å². The van der Waals surface area contributed by atoms with Gasteiger partial charge in [-0.3, -0.25) is 0 Å². The lowest BCUT2D eigenvalue weighted by Gasteiger charge is -2.26. The predicted octanol–water partition coefficient (Wildman–Crippen LogP) is 3.45. The van der Waals surface area contributed by atoms with Gasteiger partial charge in [0.1, 0.15) is 11.4 Å². The van der Waals surface area contributed by atoms with Gasteiger partial charge in [0.05, 0.1) is 7.11 Å². The Labute approximate surface area is 115 Å². The Morgan fingerprint density at radius 1 is 1.21 bits per heavy atom. The van der Waals surface area contributed by atoms with E-state index in [1.54, 1.807) is 12.0 Å². The number of methoxy groups -OCH3 is 1. The first kappa shape index (κ1) is 15.3. The molecule has 106 valence electrons. The Bertz CT molecular complexity index is 406. The molecular weight excluding hydrogens is 242 g/mol.